The van der Waals surface area contributed by atoms with E-state index in [-0.39, 0.29) is 5.69 Å². The molecule has 2 amide bonds. The number of para-hydroxylation sites is 1. The van der Waals surface area contributed by atoms with E-state index >= 15 is 0 Å². The van der Waals surface area contributed by atoms with Crippen molar-refractivity contribution in [1.29, 1.82) is 0 Å². The summed E-state index contributed by atoms with van der Waals surface area (Å²) in [5, 5.41) is 9.24. The Morgan fingerprint density at radius 1 is 1.03 bits per heavy atom. The van der Waals surface area contributed by atoms with Crippen LogP contribution in [-0.2, 0) is 6.54 Å². The zero-order chi connectivity index (χ0) is 24.2. The zero-order valence-electron chi connectivity index (χ0n) is 18.8. The summed E-state index contributed by atoms with van der Waals surface area (Å²) >= 11 is 0. The van der Waals surface area contributed by atoms with Crippen molar-refractivity contribution in [1.82, 2.24) is 19.7 Å². The van der Waals surface area contributed by atoms with Crippen LogP contribution in [0.1, 0.15) is 11.1 Å². The molecule has 0 spiro atoms. The second-order valence-electron chi connectivity index (χ2n) is 7.98. The molecule has 2 aromatic heterocycles. The highest BCUT2D eigenvalue weighted by Gasteiger charge is 2.13. The van der Waals surface area contributed by atoms with Gasteiger partial charge in [-0.3, -0.25) is 0 Å². The Balaban J connectivity index is 1.21. The minimum atomic E-state index is -0.522. The van der Waals surface area contributed by atoms with Gasteiger partial charge in [0.2, 0.25) is 5.82 Å². The number of nitrogens with one attached hydrogen (secondary N) is 2. The molecule has 3 aromatic carbocycles. The maximum atomic E-state index is 13.7. The second kappa shape index (κ2) is 9.60. The van der Waals surface area contributed by atoms with Crippen LogP contribution in [0.5, 0.6) is 0 Å². The molecule has 0 radical (unpaired) electrons. The number of anilines is 2. The third kappa shape index (κ3) is 5.25. The fraction of sp³-hybridized carbons (Fsp3) is 0.0769. The number of aryl methyl sites for hydroxylation is 1. The van der Waals surface area contributed by atoms with E-state index in [0.717, 1.165) is 16.7 Å². The largest absolute Gasteiger partial charge is 0.332 e. The van der Waals surface area contributed by atoms with E-state index in [2.05, 4.69) is 25.8 Å². The number of benzene rings is 3. The van der Waals surface area contributed by atoms with Crippen molar-refractivity contribution in [3.05, 3.63) is 102 Å². The average molecular weight is 468 g/mol. The Hall–Kier alpha value is -4.79. The summed E-state index contributed by atoms with van der Waals surface area (Å²) in [6.07, 6.45) is 3.53. The number of carbonyl (C=O) groups is 1. The summed E-state index contributed by atoms with van der Waals surface area (Å²) in [4.78, 5) is 21.0. The van der Waals surface area contributed by atoms with E-state index in [9.17, 15) is 9.18 Å². The lowest BCUT2D eigenvalue weighted by atomic mass is 10.1. The Bertz CT molecular complexity index is 1480. The molecular formula is C26H21FN6O2. The molecule has 0 saturated carbocycles. The SMILES string of the molecule is Cc1cccc(-c2noc(-c3cn(Cc4ccc(NC(=O)Nc5ccccc5F)cc4)cn3)n2)c1. The van der Waals surface area contributed by atoms with E-state index in [1.807, 2.05) is 54.1 Å². The molecule has 174 valence electrons. The van der Waals surface area contributed by atoms with Gasteiger partial charge in [0.1, 0.15) is 11.5 Å². The minimum absolute atomic E-state index is 0.116. The maximum absolute atomic E-state index is 13.7. The predicted molar refractivity (Wildman–Crippen MR) is 130 cm³/mol. The van der Waals surface area contributed by atoms with Crippen molar-refractivity contribution in [2.45, 2.75) is 13.5 Å². The quantitative estimate of drug-likeness (QED) is 0.331. The van der Waals surface area contributed by atoms with Crippen molar-refractivity contribution < 1.29 is 13.7 Å². The van der Waals surface area contributed by atoms with Crippen LogP contribution in [0.25, 0.3) is 23.0 Å². The van der Waals surface area contributed by atoms with Gasteiger partial charge in [0.15, 0.2) is 0 Å². The third-order valence-corrected chi connectivity index (χ3v) is 5.25. The molecule has 0 bridgehead atoms. The van der Waals surface area contributed by atoms with Crippen molar-refractivity contribution in [2.24, 2.45) is 0 Å². The summed E-state index contributed by atoms with van der Waals surface area (Å²) in [7, 11) is 0. The molecule has 0 aliphatic carbocycles. The van der Waals surface area contributed by atoms with Crippen molar-refractivity contribution in [3.63, 3.8) is 0 Å². The van der Waals surface area contributed by atoms with Gasteiger partial charge in [-0.15, -0.1) is 0 Å². The number of nitrogens with zero attached hydrogens (tertiary/aromatic N) is 4. The molecule has 35 heavy (non-hydrogen) atoms. The van der Waals surface area contributed by atoms with Gasteiger partial charge >= 0.3 is 6.03 Å². The van der Waals surface area contributed by atoms with Crippen LogP contribution >= 0.6 is 0 Å². The molecule has 0 aliphatic heterocycles. The van der Waals surface area contributed by atoms with Gasteiger partial charge in [0.25, 0.3) is 5.89 Å². The van der Waals surface area contributed by atoms with Crippen LogP contribution in [0.15, 0.2) is 89.8 Å². The predicted octanol–water partition coefficient (Wildman–Crippen LogP) is 5.74. The number of amides is 2. The molecule has 0 atom stereocenters. The van der Waals surface area contributed by atoms with E-state index in [4.69, 9.17) is 4.52 Å². The number of hydrogen-bond acceptors (Lipinski definition) is 5. The standard InChI is InChI=1S/C26H21FN6O2/c1-17-5-4-6-19(13-17)24-31-25(35-32-24)23-15-33(16-28-23)14-18-9-11-20(12-10-18)29-26(34)30-22-8-3-2-7-21(22)27/h2-13,15-16H,14H2,1H3,(H2,29,30,34). The van der Waals surface area contributed by atoms with E-state index in [0.29, 0.717) is 29.6 Å². The fourth-order valence-electron chi connectivity index (χ4n) is 3.54. The Morgan fingerprint density at radius 3 is 2.66 bits per heavy atom. The Labute approximate surface area is 200 Å². The van der Waals surface area contributed by atoms with Gasteiger partial charge in [-0.1, -0.05) is 53.2 Å². The molecule has 0 fully saturated rings. The molecule has 0 aliphatic rings. The molecule has 5 aromatic rings. The van der Waals surface area contributed by atoms with E-state index in [1.165, 1.54) is 12.1 Å². The number of urea groups is 1. The number of hydrogen-bond donors (Lipinski definition) is 2. The van der Waals surface area contributed by atoms with Gasteiger partial charge in [-0.05, 0) is 42.8 Å². The fourth-order valence-corrected chi connectivity index (χ4v) is 3.54. The summed E-state index contributed by atoms with van der Waals surface area (Å²) in [5.74, 6) is 0.366. The van der Waals surface area contributed by atoms with Gasteiger partial charge in [0, 0.05) is 24.0 Å². The number of carbonyl (C=O) groups excluding carboxylic acids is 1. The highest BCUT2D eigenvalue weighted by Crippen LogP contribution is 2.22. The number of rotatable bonds is 6. The normalized spacial score (nSPS) is 10.8. The molecule has 2 N–H and O–H groups in total. The summed E-state index contributed by atoms with van der Waals surface area (Å²) < 4.78 is 21.0. The Morgan fingerprint density at radius 2 is 1.86 bits per heavy atom. The van der Waals surface area contributed by atoms with Gasteiger partial charge in [-0.25, -0.2) is 14.2 Å². The van der Waals surface area contributed by atoms with Crippen molar-refractivity contribution >= 4 is 17.4 Å². The van der Waals surface area contributed by atoms with Crippen LogP contribution in [0.2, 0.25) is 0 Å². The van der Waals surface area contributed by atoms with Gasteiger partial charge in [0.05, 0.1) is 12.0 Å². The monoisotopic (exact) mass is 468 g/mol. The summed E-state index contributed by atoms with van der Waals surface area (Å²) in [6.45, 7) is 2.57. The third-order valence-electron chi connectivity index (χ3n) is 5.25. The number of halogens is 1. The van der Waals surface area contributed by atoms with Crippen molar-refractivity contribution in [3.8, 4) is 23.0 Å². The van der Waals surface area contributed by atoms with Crippen LogP contribution in [0.4, 0.5) is 20.6 Å². The first kappa shape index (κ1) is 22.0. The minimum Gasteiger partial charge on any atom is -0.332 e. The van der Waals surface area contributed by atoms with Crippen molar-refractivity contribution in [2.75, 3.05) is 10.6 Å². The Kier molecular flexibility index (Phi) is 6.04. The summed E-state index contributed by atoms with van der Waals surface area (Å²) in [5.41, 5.74) is 4.29. The highest BCUT2D eigenvalue weighted by molar-refractivity contribution is 5.99. The molecule has 0 unspecified atom stereocenters. The first-order valence-electron chi connectivity index (χ1n) is 10.9. The topological polar surface area (TPSA) is 97.9 Å². The lowest BCUT2D eigenvalue weighted by Crippen LogP contribution is -2.20. The maximum Gasteiger partial charge on any atom is 0.323 e. The lowest BCUT2D eigenvalue weighted by molar-refractivity contribution is 0.262. The molecule has 5 rings (SSSR count). The number of imidazole rings is 1. The molecular weight excluding hydrogens is 447 g/mol. The van der Waals surface area contributed by atoms with E-state index < -0.39 is 11.8 Å². The zero-order valence-corrected chi connectivity index (χ0v) is 18.8. The first-order chi connectivity index (χ1) is 17.0. The molecule has 9 heteroatoms. The van der Waals surface area contributed by atoms with Gasteiger partial charge in [-0.2, -0.15) is 4.98 Å². The van der Waals surface area contributed by atoms with Crippen LogP contribution in [0, 0.1) is 12.7 Å². The molecule has 0 saturated heterocycles. The summed E-state index contributed by atoms with van der Waals surface area (Å²) in [6, 6.07) is 20.7. The van der Waals surface area contributed by atoms with Gasteiger partial charge < -0.3 is 19.7 Å². The molecule has 2 heterocycles. The van der Waals surface area contributed by atoms with E-state index in [1.54, 1.807) is 30.6 Å². The average Bonchev–Trinajstić information content (AvgIpc) is 3.52. The lowest BCUT2D eigenvalue weighted by Gasteiger charge is -2.09. The van der Waals surface area contributed by atoms with Crippen LogP contribution in [0.3, 0.4) is 0 Å². The van der Waals surface area contributed by atoms with Crippen LogP contribution < -0.4 is 10.6 Å². The smallest absolute Gasteiger partial charge is 0.323 e. The first-order valence-corrected chi connectivity index (χ1v) is 10.9. The van der Waals surface area contributed by atoms with Crippen LogP contribution in [-0.4, -0.2) is 25.7 Å². The molecule has 8 nitrogen and oxygen atoms in total. The highest BCUT2D eigenvalue weighted by atomic mass is 19.1. The second-order valence-corrected chi connectivity index (χ2v) is 7.98. The number of aromatic nitrogens is 4.